The zero-order chi connectivity index (χ0) is 17.6. The highest BCUT2D eigenvalue weighted by Gasteiger charge is 2.19. The highest BCUT2D eigenvalue weighted by molar-refractivity contribution is 7.99. The summed E-state index contributed by atoms with van der Waals surface area (Å²) in [5.74, 6) is -0.451. The summed E-state index contributed by atoms with van der Waals surface area (Å²) in [5, 5.41) is 1.58. The molecule has 0 aliphatic heterocycles. The number of thioether (sulfide) groups is 1. The van der Waals surface area contributed by atoms with Crippen molar-refractivity contribution in [3.8, 4) is 5.69 Å². The van der Waals surface area contributed by atoms with Crippen LogP contribution < -0.4 is 5.56 Å². The first-order valence-electron chi connectivity index (χ1n) is 8.01. The van der Waals surface area contributed by atoms with E-state index in [9.17, 15) is 9.18 Å². The molecule has 0 saturated heterocycles. The van der Waals surface area contributed by atoms with Crippen LogP contribution in [0.4, 0.5) is 4.39 Å². The van der Waals surface area contributed by atoms with Crippen molar-refractivity contribution in [3.05, 3.63) is 64.7 Å². The first-order chi connectivity index (χ1) is 12.1. The lowest BCUT2D eigenvalue weighted by Crippen LogP contribution is -2.23. The topological polar surface area (TPSA) is 50.7 Å². The van der Waals surface area contributed by atoms with E-state index < -0.39 is 5.82 Å². The van der Waals surface area contributed by atoms with Gasteiger partial charge in [-0.15, -0.1) is 0 Å². The maximum absolute atomic E-state index is 14.4. The van der Waals surface area contributed by atoms with Gasteiger partial charge in [0.05, 0.1) is 5.69 Å². The second-order valence-corrected chi connectivity index (χ2v) is 7.59. The molecule has 4 nitrogen and oxygen atoms in total. The van der Waals surface area contributed by atoms with E-state index in [0.717, 1.165) is 10.9 Å². The number of aromatic amines is 1. The average Bonchev–Trinajstić information content (AvgIpc) is 2.95. The van der Waals surface area contributed by atoms with Crippen molar-refractivity contribution in [1.82, 2.24) is 14.5 Å². The van der Waals surface area contributed by atoms with Crippen LogP contribution in [-0.2, 0) is 0 Å². The van der Waals surface area contributed by atoms with Gasteiger partial charge >= 0.3 is 0 Å². The molecule has 0 saturated carbocycles. The molecule has 4 rings (SSSR count). The van der Waals surface area contributed by atoms with Gasteiger partial charge in [-0.05, 0) is 18.2 Å². The number of aromatic nitrogens is 3. The van der Waals surface area contributed by atoms with Crippen molar-refractivity contribution in [3.63, 3.8) is 0 Å². The number of nitrogens with zero attached hydrogens (tertiary/aromatic N) is 2. The minimum atomic E-state index is -0.451. The van der Waals surface area contributed by atoms with Crippen LogP contribution in [0.2, 0.25) is 0 Å². The Bertz CT molecular complexity index is 1150. The van der Waals surface area contributed by atoms with E-state index >= 15 is 0 Å². The number of para-hydroxylation sites is 2. The number of hydrogen-bond donors (Lipinski definition) is 1. The Morgan fingerprint density at radius 1 is 1.12 bits per heavy atom. The van der Waals surface area contributed by atoms with Gasteiger partial charge in [0.25, 0.3) is 5.56 Å². The molecule has 25 heavy (non-hydrogen) atoms. The van der Waals surface area contributed by atoms with E-state index in [4.69, 9.17) is 4.98 Å². The summed E-state index contributed by atoms with van der Waals surface area (Å²) in [6.07, 6.45) is 0. The van der Waals surface area contributed by atoms with Crippen LogP contribution >= 0.6 is 11.8 Å². The van der Waals surface area contributed by atoms with E-state index in [0.29, 0.717) is 16.2 Å². The lowest BCUT2D eigenvalue weighted by molar-refractivity contribution is 0.608. The Morgan fingerprint density at radius 3 is 2.60 bits per heavy atom. The standard InChI is InChI=1S/C19H16FN3OS/c1-11(2)25-19-22-16-12-7-3-5-9-14(12)21-17(16)18(24)23(19)15-10-6-4-8-13(15)20/h3-11,21H,1-2H3. The van der Waals surface area contributed by atoms with Gasteiger partial charge in [0, 0.05) is 16.2 Å². The molecule has 1 N–H and O–H groups in total. The zero-order valence-electron chi connectivity index (χ0n) is 13.8. The Morgan fingerprint density at radius 2 is 1.84 bits per heavy atom. The lowest BCUT2D eigenvalue weighted by atomic mass is 10.2. The Labute approximate surface area is 147 Å². The quantitative estimate of drug-likeness (QED) is 0.436. The maximum atomic E-state index is 14.4. The maximum Gasteiger partial charge on any atom is 0.283 e. The van der Waals surface area contributed by atoms with Crippen molar-refractivity contribution in [2.75, 3.05) is 0 Å². The Hall–Kier alpha value is -2.60. The Balaban J connectivity index is 2.13. The molecule has 2 aromatic carbocycles. The van der Waals surface area contributed by atoms with E-state index in [2.05, 4.69) is 4.98 Å². The molecule has 0 unspecified atom stereocenters. The molecule has 4 aromatic rings. The summed E-state index contributed by atoms with van der Waals surface area (Å²) >= 11 is 1.44. The first-order valence-corrected chi connectivity index (χ1v) is 8.89. The number of halogens is 1. The molecule has 0 spiro atoms. The molecule has 126 valence electrons. The van der Waals surface area contributed by atoms with Gasteiger partial charge in [-0.1, -0.05) is 55.9 Å². The molecule has 0 atom stereocenters. The largest absolute Gasteiger partial charge is 0.349 e. The fraction of sp³-hybridized carbons (Fsp3) is 0.158. The van der Waals surface area contributed by atoms with Gasteiger partial charge in [-0.25, -0.2) is 9.37 Å². The second-order valence-electron chi connectivity index (χ2n) is 6.05. The fourth-order valence-corrected chi connectivity index (χ4v) is 3.73. The van der Waals surface area contributed by atoms with Gasteiger partial charge in [-0.2, -0.15) is 0 Å². The molecule has 0 radical (unpaired) electrons. The van der Waals surface area contributed by atoms with Crippen LogP contribution in [0.1, 0.15) is 13.8 Å². The smallest absolute Gasteiger partial charge is 0.283 e. The molecule has 0 aliphatic carbocycles. The summed E-state index contributed by atoms with van der Waals surface area (Å²) in [7, 11) is 0. The number of nitrogens with one attached hydrogen (secondary N) is 1. The predicted octanol–water partition coefficient (Wildman–Crippen LogP) is 4.51. The molecular formula is C19H16FN3OS. The summed E-state index contributed by atoms with van der Waals surface area (Å²) in [6.45, 7) is 4.03. The third-order valence-electron chi connectivity index (χ3n) is 3.93. The highest BCUT2D eigenvalue weighted by Crippen LogP contribution is 2.28. The fourth-order valence-electron chi connectivity index (χ4n) is 2.88. The number of benzene rings is 2. The number of fused-ring (bicyclic) bond motifs is 3. The van der Waals surface area contributed by atoms with E-state index in [1.807, 2.05) is 38.1 Å². The van der Waals surface area contributed by atoms with Crippen molar-refractivity contribution >= 4 is 33.7 Å². The van der Waals surface area contributed by atoms with Crippen LogP contribution in [0.15, 0.2) is 58.5 Å². The van der Waals surface area contributed by atoms with E-state index in [1.165, 1.54) is 22.4 Å². The molecule has 0 aliphatic rings. The predicted molar refractivity (Wildman–Crippen MR) is 100 cm³/mol. The molecule has 2 aromatic heterocycles. The van der Waals surface area contributed by atoms with Gasteiger partial charge in [0.1, 0.15) is 16.9 Å². The summed E-state index contributed by atoms with van der Waals surface area (Å²) in [6, 6.07) is 13.9. The van der Waals surface area contributed by atoms with Crippen LogP contribution in [0.3, 0.4) is 0 Å². The SMILES string of the molecule is CC(C)Sc1nc2c([nH]c3ccccc32)c(=O)n1-c1ccccc1F. The van der Waals surface area contributed by atoms with Crippen molar-refractivity contribution < 1.29 is 4.39 Å². The molecular weight excluding hydrogens is 337 g/mol. The van der Waals surface area contributed by atoms with Gasteiger partial charge in [0.2, 0.25) is 0 Å². The molecule has 2 heterocycles. The number of hydrogen-bond acceptors (Lipinski definition) is 3. The van der Waals surface area contributed by atoms with Crippen LogP contribution in [0, 0.1) is 5.82 Å². The Kier molecular flexibility index (Phi) is 3.84. The van der Waals surface area contributed by atoms with Gasteiger partial charge in [-0.3, -0.25) is 9.36 Å². The minimum absolute atomic E-state index is 0.201. The molecule has 0 amide bonds. The third kappa shape index (κ3) is 2.62. The summed E-state index contributed by atoms with van der Waals surface area (Å²) in [4.78, 5) is 21.0. The monoisotopic (exact) mass is 353 g/mol. The minimum Gasteiger partial charge on any atom is -0.349 e. The van der Waals surface area contributed by atoms with Crippen molar-refractivity contribution in [2.24, 2.45) is 0 Å². The summed E-state index contributed by atoms with van der Waals surface area (Å²) < 4.78 is 15.7. The normalized spacial score (nSPS) is 11.7. The van der Waals surface area contributed by atoms with E-state index in [-0.39, 0.29) is 16.5 Å². The van der Waals surface area contributed by atoms with Gasteiger partial charge in [0.15, 0.2) is 5.16 Å². The van der Waals surface area contributed by atoms with Crippen molar-refractivity contribution in [1.29, 1.82) is 0 Å². The van der Waals surface area contributed by atoms with E-state index in [1.54, 1.807) is 18.2 Å². The van der Waals surface area contributed by atoms with Crippen LogP contribution in [0.5, 0.6) is 0 Å². The second kappa shape index (κ2) is 6.04. The summed E-state index contributed by atoms with van der Waals surface area (Å²) in [5.41, 5.74) is 1.76. The molecule has 6 heteroatoms. The number of rotatable bonds is 3. The van der Waals surface area contributed by atoms with Crippen LogP contribution in [-0.4, -0.2) is 19.8 Å². The number of H-pyrrole nitrogens is 1. The first kappa shape index (κ1) is 15.9. The highest BCUT2D eigenvalue weighted by atomic mass is 32.2. The molecule has 0 fully saturated rings. The lowest BCUT2D eigenvalue weighted by Gasteiger charge is -2.14. The zero-order valence-corrected chi connectivity index (χ0v) is 14.6. The van der Waals surface area contributed by atoms with Crippen LogP contribution in [0.25, 0.3) is 27.6 Å². The molecule has 0 bridgehead atoms. The van der Waals surface area contributed by atoms with Crippen molar-refractivity contribution in [2.45, 2.75) is 24.3 Å². The van der Waals surface area contributed by atoms with Gasteiger partial charge < -0.3 is 4.98 Å². The average molecular weight is 353 g/mol. The third-order valence-corrected chi connectivity index (χ3v) is 4.88.